The number of halogens is 4. The molecule has 0 N–H and O–H groups in total. The van der Waals surface area contributed by atoms with Gasteiger partial charge < -0.3 is 4.90 Å². The number of nitrogens with zero attached hydrogens (tertiary/aromatic N) is 2. The third kappa shape index (κ3) is 4.43. The monoisotopic (exact) mass is 522 g/mol. The molecule has 0 saturated heterocycles. The van der Waals surface area contributed by atoms with Crippen molar-refractivity contribution in [3.8, 4) is 0 Å². The number of amides is 3. The van der Waals surface area contributed by atoms with Gasteiger partial charge in [-0.1, -0.05) is 40.2 Å². The van der Waals surface area contributed by atoms with Crippen molar-refractivity contribution in [3.05, 3.63) is 69.7 Å². The molecule has 1 heterocycles. The van der Waals surface area contributed by atoms with E-state index in [9.17, 15) is 27.6 Å². The molecule has 3 amide bonds. The summed E-state index contributed by atoms with van der Waals surface area (Å²) in [5.41, 5.74) is 0.715. The number of fused-ring (bicyclic) bond motifs is 1. The van der Waals surface area contributed by atoms with Crippen LogP contribution in [0.2, 0.25) is 0 Å². The van der Waals surface area contributed by atoms with Gasteiger partial charge in [0.2, 0.25) is 5.91 Å². The van der Waals surface area contributed by atoms with Gasteiger partial charge in [-0.2, -0.15) is 13.2 Å². The molecule has 2 aliphatic rings. The van der Waals surface area contributed by atoms with Crippen LogP contribution in [-0.4, -0.2) is 46.8 Å². The van der Waals surface area contributed by atoms with E-state index in [-0.39, 0.29) is 23.4 Å². The lowest BCUT2D eigenvalue weighted by atomic mass is 9.84. The Balaban J connectivity index is 1.45. The fraction of sp³-hybridized carbons (Fsp3) is 0.375. The second kappa shape index (κ2) is 8.93. The van der Waals surface area contributed by atoms with E-state index < -0.39 is 24.0 Å². The summed E-state index contributed by atoms with van der Waals surface area (Å²) in [5, 5.41) is 0. The van der Waals surface area contributed by atoms with Crippen LogP contribution in [0.15, 0.2) is 53.0 Å². The first kappa shape index (κ1) is 23.5. The summed E-state index contributed by atoms with van der Waals surface area (Å²) in [7, 11) is 1.18. The van der Waals surface area contributed by atoms with Gasteiger partial charge in [0.15, 0.2) is 6.04 Å². The van der Waals surface area contributed by atoms with E-state index in [1.807, 2.05) is 0 Å². The van der Waals surface area contributed by atoms with Crippen molar-refractivity contribution in [1.82, 2.24) is 9.80 Å². The SMILES string of the molecule is CN(C(=O)C1CCC(N2C(=O)c3ccccc3C2=O)CC1)[C@@H](c1ccc(Br)cc1)C(F)(F)F. The number of carbonyl (C=O) groups excluding carboxylic acids is 3. The Bertz CT molecular complexity index is 1040. The zero-order valence-electron chi connectivity index (χ0n) is 17.8. The van der Waals surface area contributed by atoms with Crippen LogP contribution in [0.3, 0.4) is 0 Å². The Hall–Kier alpha value is -2.68. The number of benzene rings is 2. The molecule has 0 unspecified atom stereocenters. The molecule has 1 aliphatic heterocycles. The molecule has 174 valence electrons. The van der Waals surface area contributed by atoms with Crippen LogP contribution < -0.4 is 0 Å². The van der Waals surface area contributed by atoms with E-state index in [2.05, 4.69) is 15.9 Å². The standard InChI is InChI=1S/C24H22BrF3N2O3/c1-29(20(24(26,27)28)14-6-10-16(25)11-7-14)21(31)15-8-12-17(13-9-15)30-22(32)18-4-2-3-5-19(18)23(30)33/h2-7,10-11,15,17,20H,8-9,12-13H2,1H3/t15?,17?,20-/m0/s1. The predicted octanol–water partition coefficient (Wildman–Crippen LogP) is 5.37. The van der Waals surface area contributed by atoms with Crippen molar-refractivity contribution in [2.45, 2.75) is 43.9 Å². The molecule has 0 radical (unpaired) electrons. The summed E-state index contributed by atoms with van der Waals surface area (Å²) in [6.07, 6.45) is -3.25. The molecule has 5 nitrogen and oxygen atoms in total. The number of carbonyl (C=O) groups is 3. The molecule has 1 atom stereocenters. The van der Waals surface area contributed by atoms with E-state index in [1.165, 1.54) is 36.2 Å². The fourth-order valence-corrected chi connectivity index (χ4v) is 5.08. The maximum Gasteiger partial charge on any atom is 0.413 e. The van der Waals surface area contributed by atoms with E-state index in [0.29, 0.717) is 41.3 Å². The molecule has 2 aromatic rings. The zero-order valence-corrected chi connectivity index (χ0v) is 19.4. The van der Waals surface area contributed by atoms with Crippen LogP contribution in [0.1, 0.15) is 58.0 Å². The summed E-state index contributed by atoms with van der Waals surface area (Å²) >= 11 is 3.21. The Morgan fingerprint density at radius 1 is 0.970 bits per heavy atom. The van der Waals surface area contributed by atoms with Crippen LogP contribution in [0.4, 0.5) is 13.2 Å². The first-order chi connectivity index (χ1) is 15.6. The second-order valence-corrected chi connectivity index (χ2v) is 9.39. The number of imide groups is 1. The highest BCUT2D eigenvalue weighted by Gasteiger charge is 2.47. The number of rotatable bonds is 4. The third-order valence-electron chi connectivity index (χ3n) is 6.47. The lowest BCUT2D eigenvalue weighted by Gasteiger charge is -2.37. The molecule has 1 aliphatic carbocycles. The molecular formula is C24H22BrF3N2O3. The predicted molar refractivity (Wildman–Crippen MR) is 118 cm³/mol. The summed E-state index contributed by atoms with van der Waals surface area (Å²) in [6.45, 7) is 0. The van der Waals surface area contributed by atoms with Crippen LogP contribution >= 0.6 is 15.9 Å². The largest absolute Gasteiger partial charge is 0.413 e. The van der Waals surface area contributed by atoms with Crippen molar-refractivity contribution in [2.75, 3.05) is 7.05 Å². The number of hydrogen-bond donors (Lipinski definition) is 0. The lowest BCUT2D eigenvalue weighted by Crippen LogP contribution is -2.46. The van der Waals surface area contributed by atoms with E-state index in [4.69, 9.17) is 0 Å². The van der Waals surface area contributed by atoms with Gasteiger partial charge in [0.1, 0.15) is 0 Å². The zero-order chi connectivity index (χ0) is 23.9. The molecule has 0 aromatic heterocycles. The maximum atomic E-state index is 13.9. The normalized spacial score (nSPS) is 21.7. The molecule has 1 saturated carbocycles. The average molecular weight is 523 g/mol. The molecule has 1 fully saturated rings. The molecule has 4 rings (SSSR count). The minimum atomic E-state index is -4.63. The molecular weight excluding hydrogens is 501 g/mol. The van der Waals surface area contributed by atoms with E-state index in [0.717, 1.165) is 4.90 Å². The van der Waals surface area contributed by atoms with Crippen molar-refractivity contribution in [2.24, 2.45) is 5.92 Å². The van der Waals surface area contributed by atoms with Gasteiger partial charge in [0, 0.05) is 23.5 Å². The minimum absolute atomic E-state index is 0.0127. The Labute approximate surface area is 197 Å². The Kier molecular flexibility index (Phi) is 6.35. The molecule has 2 aromatic carbocycles. The van der Waals surface area contributed by atoms with Gasteiger partial charge in [-0.3, -0.25) is 19.3 Å². The van der Waals surface area contributed by atoms with Gasteiger partial charge in [0.25, 0.3) is 11.8 Å². The first-order valence-corrected chi connectivity index (χ1v) is 11.4. The van der Waals surface area contributed by atoms with E-state index >= 15 is 0 Å². The van der Waals surface area contributed by atoms with Crippen molar-refractivity contribution in [3.63, 3.8) is 0 Å². The fourth-order valence-electron chi connectivity index (χ4n) is 4.81. The van der Waals surface area contributed by atoms with Crippen LogP contribution in [0.5, 0.6) is 0 Å². The van der Waals surface area contributed by atoms with E-state index in [1.54, 1.807) is 24.3 Å². The van der Waals surface area contributed by atoms with Gasteiger partial charge in [-0.05, 0) is 55.5 Å². The number of alkyl halides is 3. The van der Waals surface area contributed by atoms with Gasteiger partial charge in [-0.15, -0.1) is 0 Å². The van der Waals surface area contributed by atoms with Crippen LogP contribution in [0.25, 0.3) is 0 Å². The highest BCUT2D eigenvalue weighted by atomic mass is 79.9. The molecule has 0 spiro atoms. The topological polar surface area (TPSA) is 57.7 Å². The Morgan fingerprint density at radius 3 is 1.97 bits per heavy atom. The minimum Gasteiger partial charge on any atom is -0.330 e. The quantitative estimate of drug-likeness (QED) is 0.507. The number of hydrogen-bond acceptors (Lipinski definition) is 3. The van der Waals surface area contributed by atoms with Gasteiger partial charge in [0.05, 0.1) is 11.1 Å². The summed E-state index contributed by atoms with van der Waals surface area (Å²) in [4.78, 5) is 40.5. The summed E-state index contributed by atoms with van der Waals surface area (Å²) < 4.78 is 42.3. The molecule has 9 heteroatoms. The summed E-state index contributed by atoms with van der Waals surface area (Å²) in [5.74, 6) is -1.88. The van der Waals surface area contributed by atoms with Crippen molar-refractivity contribution >= 4 is 33.7 Å². The highest BCUT2D eigenvalue weighted by Crippen LogP contribution is 2.40. The first-order valence-electron chi connectivity index (χ1n) is 10.7. The Morgan fingerprint density at radius 2 is 1.48 bits per heavy atom. The summed E-state index contributed by atoms with van der Waals surface area (Å²) in [6, 6.07) is 9.93. The van der Waals surface area contributed by atoms with Crippen LogP contribution in [-0.2, 0) is 4.79 Å². The second-order valence-electron chi connectivity index (χ2n) is 8.48. The lowest BCUT2D eigenvalue weighted by molar-refractivity contribution is -0.191. The van der Waals surface area contributed by atoms with Crippen LogP contribution in [0, 0.1) is 5.92 Å². The van der Waals surface area contributed by atoms with Crippen molar-refractivity contribution < 1.29 is 27.6 Å². The molecule has 33 heavy (non-hydrogen) atoms. The van der Waals surface area contributed by atoms with Crippen molar-refractivity contribution in [1.29, 1.82) is 0 Å². The van der Waals surface area contributed by atoms with Gasteiger partial charge >= 0.3 is 6.18 Å². The average Bonchev–Trinajstić information content (AvgIpc) is 3.04. The third-order valence-corrected chi connectivity index (χ3v) is 7.00. The van der Waals surface area contributed by atoms with Gasteiger partial charge in [-0.25, -0.2) is 0 Å². The maximum absolute atomic E-state index is 13.9. The smallest absolute Gasteiger partial charge is 0.330 e. The molecule has 0 bridgehead atoms. The highest BCUT2D eigenvalue weighted by molar-refractivity contribution is 9.10.